The summed E-state index contributed by atoms with van der Waals surface area (Å²) in [6, 6.07) is 0. The van der Waals surface area contributed by atoms with E-state index in [4.69, 9.17) is 0 Å². The molecule has 1 aliphatic heterocycles. The van der Waals surface area contributed by atoms with Crippen LogP contribution in [-0.4, -0.2) is 19.5 Å². The first kappa shape index (κ1) is 12.7. The number of hydrogen-bond acceptors (Lipinski definition) is 1. The molecule has 0 aromatic carbocycles. The Morgan fingerprint density at radius 3 is 1.85 bits per heavy atom. The van der Waals surface area contributed by atoms with Crippen LogP contribution in [0.3, 0.4) is 0 Å². The highest BCUT2D eigenvalue weighted by atomic mass is 33.2. The van der Waals surface area contributed by atoms with E-state index in [1.54, 1.807) is 14.0 Å². The van der Waals surface area contributed by atoms with E-state index < -0.39 is 15.3 Å². The molecule has 1 atom stereocenters. The molecule has 0 nitrogen and oxygen atoms in total. The molecule has 0 spiro atoms. The monoisotopic (exact) mass is 284 g/mol. The van der Waals surface area contributed by atoms with Crippen LogP contribution in [0.5, 0.6) is 0 Å². The molecule has 0 N–H and O–H groups in total. The van der Waals surface area contributed by atoms with Gasteiger partial charge in [0.1, 0.15) is 7.22 Å². The maximum Gasteiger partial charge on any atom is 0.119 e. The molecule has 6 heteroatoms. The first-order chi connectivity index (χ1) is 5.71. The summed E-state index contributed by atoms with van der Waals surface area (Å²) < 4.78 is 1.85. The molecule has 1 rings (SSSR count). The molecule has 0 aromatic heterocycles. The van der Waals surface area contributed by atoms with E-state index in [1.807, 2.05) is 4.25 Å². The SMILES string of the molecule is C[Si](C)(C)C1=PS([Si](C)(C)C)=PS1. The second kappa shape index (κ2) is 4.23. The van der Waals surface area contributed by atoms with Gasteiger partial charge in [-0.1, -0.05) is 50.7 Å². The van der Waals surface area contributed by atoms with Gasteiger partial charge in [-0.2, -0.15) is 0 Å². The smallest absolute Gasteiger partial charge is 0.119 e. The summed E-state index contributed by atoms with van der Waals surface area (Å²) >= 11 is 2.17. The van der Waals surface area contributed by atoms with E-state index in [-0.39, 0.29) is 0 Å². The van der Waals surface area contributed by atoms with Gasteiger partial charge in [0.15, 0.2) is 0 Å². The number of rotatable bonds is 2. The van der Waals surface area contributed by atoms with E-state index >= 15 is 0 Å². The Bertz CT molecular complexity index is 273. The van der Waals surface area contributed by atoms with Crippen LogP contribution in [0.2, 0.25) is 39.3 Å². The highest BCUT2D eigenvalue weighted by Gasteiger charge is 2.28. The summed E-state index contributed by atoms with van der Waals surface area (Å²) in [5.74, 6) is 0. The minimum absolute atomic E-state index is 0.723. The average molecular weight is 284 g/mol. The Kier molecular flexibility index (Phi) is 4.12. The molecule has 0 saturated heterocycles. The van der Waals surface area contributed by atoms with Crippen LogP contribution >= 0.6 is 25.3 Å². The second-order valence-electron chi connectivity index (χ2n) is 5.19. The van der Waals surface area contributed by atoms with Crippen molar-refractivity contribution in [3.8, 4) is 0 Å². The normalized spacial score (nSPS) is 26.6. The van der Waals surface area contributed by atoms with Gasteiger partial charge in [-0.3, -0.25) is 0 Å². The van der Waals surface area contributed by atoms with Crippen molar-refractivity contribution in [3.63, 3.8) is 0 Å². The van der Waals surface area contributed by atoms with Crippen molar-refractivity contribution in [1.82, 2.24) is 0 Å². The molecule has 13 heavy (non-hydrogen) atoms. The predicted octanol–water partition coefficient (Wildman–Crippen LogP) is 4.83. The molecule has 1 unspecified atom stereocenters. The van der Waals surface area contributed by atoms with Crippen LogP contribution in [0.15, 0.2) is 0 Å². The summed E-state index contributed by atoms with van der Waals surface area (Å²) in [5, 5.41) is 0. The Hall–Kier alpha value is 1.60. The predicted molar refractivity (Wildman–Crippen MR) is 80.5 cm³/mol. The minimum atomic E-state index is -0.955. The Morgan fingerprint density at radius 2 is 1.62 bits per heavy atom. The second-order valence-corrected chi connectivity index (χ2v) is 30.3. The van der Waals surface area contributed by atoms with Gasteiger partial charge in [0.2, 0.25) is 0 Å². The van der Waals surface area contributed by atoms with Gasteiger partial charge >= 0.3 is 0 Å². The molecule has 1 aliphatic rings. The van der Waals surface area contributed by atoms with E-state index in [0.717, 1.165) is 9.14 Å². The van der Waals surface area contributed by atoms with Crippen LogP contribution in [0, 0.1) is 0 Å². The Balaban J connectivity index is 2.84. The molecule has 76 valence electrons. The molecule has 0 radical (unpaired) electrons. The van der Waals surface area contributed by atoms with Crippen LogP contribution in [0.4, 0.5) is 0 Å². The largest absolute Gasteiger partial charge is 0.121 e. The lowest BCUT2D eigenvalue weighted by Gasteiger charge is -2.17. The fraction of sp³-hybridized carbons (Fsp3) is 0.857. The molecule has 0 bridgehead atoms. The summed E-state index contributed by atoms with van der Waals surface area (Å²) in [5.41, 5.74) is 0. The van der Waals surface area contributed by atoms with E-state index in [0.29, 0.717) is 0 Å². The van der Waals surface area contributed by atoms with Gasteiger partial charge in [-0.05, 0) is 7.41 Å². The van der Waals surface area contributed by atoms with Gasteiger partial charge in [-0.25, -0.2) is 0 Å². The van der Waals surface area contributed by atoms with Crippen LogP contribution < -0.4 is 0 Å². The van der Waals surface area contributed by atoms with Crippen LogP contribution in [0.1, 0.15) is 0 Å². The maximum atomic E-state index is 2.52. The topological polar surface area (TPSA) is 0 Å². The highest BCUT2D eigenvalue weighted by molar-refractivity contribution is 8.93. The van der Waals surface area contributed by atoms with Gasteiger partial charge in [-0.15, -0.1) is 9.14 Å². The first-order valence-electron chi connectivity index (χ1n) is 4.43. The third-order valence-electron chi connectivity index (χ3n) is 1.55. The van der Waals surface area contributed by atoms with Gasteiger partial charge in [0.05, 0.1) is 8.07 Å². The zero-order valence-corrected chi connectivity index (χ0v) is 14.6. The molecular formula is C7H18P2S2Si2. The van der Waals surface area contributed by atoms with Crippen molar-refractivity contribution in [3.05, 3.63) is 0 Å². The molecule has 0 fully saturated rings. The minimum Gasteiger partial charge on any atom is -0.121 e. The van der Waals surface area contributed by atoms with Crippen molar-refractivity contribution in [2.24, 2.45) is 0 Å². The fourth-order valence-electron chi connectivity index (χ4n) is 0.705. The molecule has 1 heterocycles. The average Bonchev–Trinajstić information content (AvgIpc) is 2.28. The zero-order valence-electron chi connectivity index (χ0n) is 9.21. The quantitative estimate of drug-likeness (QED) is 0.517. The molecule has 0 amide bonds. The van der Waals surface area contributed by atoms with E-state index in [2.05, 4.69) is 50.7 Å². The lowest BCUT2D eigenvalue weighted by molar-refractivity contribution is 1.85. The summed E-state index contributed by atoms with van der Waals surface area (Å²) in [6.45, 7) is 16.7. The van der Waals surface area contributed by atoms with Crippen LogP contribution in [0.25, 0.3) is 0 Å². The summed E-state index contributed by atoms with van der Waals surface area (Å²) in [6.07, 6.45) is 0. The zero-order chi connectivity index (χ0) is 10.3. The lowest BCUT2D eigenvalue weighted by atomic mass is 11.7. The Morgan fingerprint density at radius 1 is 1.08 bits per heavy atom. The molecule has 0 aliphatic carbocycles. The van der Waals surface area contributed by atoms with Gasteiger partial charge in [0.25, 0.3) is 0 Å². The maximum absolute atomic E-state index is 2.52. The van der Waals surface area contributed by atoms with Crippen LogP contribution in [-0.2, 0) is 9.14 Å². The van der Waals surface area contributed by atoms with Crippen molar-refractivity contribution in [1.29, 1.82) is 0 Å². The summed E-state index contributed by atoms with van der Waals surface area (Å²) in [7, 11) is 0.634. The van der Waals surface area contributed by atoms with Crippen molar-refractivity contribution in [2.75, 3.05) is 0 Å². The third-order valence-corrected chi connectivity index (χ3v) is 34.2. The first-order valence-corrected chi connectivity index (χ1v) is 17.8. The van der Waals surface area contributed by atoms with Crippen molar-refractivity contribution >= 4 is 54.0 Å². The van der Waals surface area contributed by atoms with E-state index in [1.165, 1.54) is 0 Å². The van der Waals surface area contributed by atoms with Gasteiger partial charge in [0, 0.05) is 10.8 Å². The summed E-state index contributed by atoms with van der Waals surface area (Å²) in [4.78, 5) is 0. The Labute approximate surface area is 93.0 Å². The number of hydrogen-bond donors (Lipinski definition) is 0. The fourth-order valence-corrected chi connectivity index (χ4v) is 34.9. The third kappa shape index (κ3) is 3.59. The van der Waals surface area contributed by atoms with E-state index in [9.17, 15) is 0 Å². The highest BCUT2D eigenvalue weighted by Crippen LogP contribution is 2.47. The van der Waals surface area contributed by atoms with Gasteiger partial charge < -0.3 is 0 Å². The molecule has 0 aromatic rings. The molecule has 0 saturated carbocycles. The standard InChI is InChI=1S/C7H18P2S2Si2/c1-12(2,3)7-8-11(9-10-7)13(4,5)6/h1-6H3. The lowest BCUT2D eigenvalue weighted by Crippen LogP contribution is -2.29. The van der Waals surface area contributed by atoms with Crippen molar-refractivity contribution in [2.45, 2.75) is 39.3 Å². The molecular weight excluding hydrogens is 266 g/mol. The van der Waals surface area contributed by atoms with Crippen molar-refractivity contribution < 1.29 is 0 Å².